The van der Waals surface area contributed by atoms with Gasteiger partial charge in [-0.25, -0.2) is 4.39 Å². The molecule has 0 spiro atoms. The van der Waals surface area contributed by atoms with E-state index >= 15 is 0 Å². The van der Waals surface area contributed by atoms with Crippen LogP contribution in [0.4, 0.5) is 4.39 Å². The highest BCUT2D eigenvalue weighted by atomic mass is 19.1. The van der Waals surface area contributed by atoms with E-state index in [1.54, 1.807) is 12.1 Å². The molecule has 0 atom stereocenters. The van der Waals surface area contributed by atoms with Crippen LogP contribution in [0.1, 0.15) is 22.3 Å². The Hall–Kier alpha value is -2.98. The van der Waals surface area contributed by atoms with Gasteiger partial charge in [0.15, 0.2) is 0 Å². The van der Waals surface area contributed by atoms with Crippen LogP contribution in [0.15, 0.2) is 60.7 Å². The van der Waals surface area contributed by atoms with Crippen LogP contribution in [0, 0.1) is 19.7 Å². The molecule has 0 aliphatic carbocycles. The second-order valence-electron chi connectivity index (χ2n) is 6.91. The third kappa shape index (κ3) is 3.24. The Labute approximate surface area is 157 Å². The highest BCUT2D eigenvalue weighted by Gasteiger charge is 2.16. The molecule has 0 saturated heterocycles. The van der Waals surface area contributed by atoms with E-state index in [0.29, 0.717) is 6.54 Å². The number of fused-ring (bicyclic) bond motifs is 1. The lowest BCUT2D eigenvalue weighted by Gasteiger charge is -2.11. The number of aromatic nitrogens is 2. The number of hydrogen-bond donors (Lipinski definition) is 1. The Kier molecular flexibility index (Phi) is 4.50. The van der Waals surface area contributed by atoms with Gasteiger partial charge in [-0.05, 0) is 49.2 Å². The number of aryl methyl sites for hydroxylation is 2. The number of nitrogens with zero attached hydrogens (tertiary/aromatic N) is 2. The Bertz CT molecular complexity index is 1110. The molecular weight excluding hydrogens is 339 g/mol. The van der Waals surface area contributed by atoms with E-state index in [9.17, 15) is 9.50 Å². The normalized spacial score (nSPS) is 11.3. The van der Waals surface area contributed by atoms with Crippen molar-refractivity contribution in [1.82, 2.24) is 9.78 Å². The second-order valence-corrected chi connectivity index (χ2v) is 6.91. The predicted molar refractivity (Wildman–Crippen MR) is 106 cm³/mol. The summed E-state index contributed by atoms with van der Waals surface area (Å²) in [7, 11) is 0. The third-order valence-corrected chi connectivity index (χ3v) is 4.96. The largest absolute Gasteiger partial charge is 0.392 e. The SMILES string of the molecule is Cc1ccc(Cn2nc3c(CO)cccc3c2-c2ccc(F)cc2)c(C)c1. The molecule has 4 aromatic rings. The van der Waals surface area contributed by atoms with Crippen LogP contribution >= 0.6 is 0 Å². The van der Waals surface area contributed by atoms with Gasteiger partial charge in [0, 0.05) is 16.5 Å². The first-order chi connectivity index (χ1) is 13.1. The molecule has 136 valence electrons. The maximum absolute atomic E-state index is 13.4. The number of benzene rings is 3. The summed E-state index contributed by atoms with van der Waals surface area (Å²) in [5.41, 5.74) is 7.02. The Morgan fingerprint density at radius 1 is 0.963 bits per heavy atom. The topological polar surface area (TPSA) is 38.0 Å². The first-order valence-corrected chi connectivity index (χ1v) is 8.98. The van der Waals surface area contributed by atoms with Crippen LogP contribution in [0.5, 0.6) is 0 Å². The maximum atomic E-state index is 13.4. The van der Waals surface area contributed by atoms with Crippen LogP contribution < -0.4 is 0 Å². The molecule has 0 unspecified atom stereocenters. The molecule has 3 nitrogen and oxygen atoms in total. The van der Waals surface area contributed by atoms with Crippen molar-refractivity contribution in [3.63, 3.8) is 0 Å². The molecule has 0 aliphatic heterocycles. The zero-order chi connectivity index (χ0) is 19.0. The van der Waals surface area contributed by atoms with Crippen LogP contribution in [0.3, 0.4) is 0 Å². The summed E-state index contributed by atoms with van der Waals surface area (Å²) in [5, 5.41) is 15.5. The van der Waals surface area contributed by atoms with Crippen molar-refractivity contribution in [3.05, 3.63) is 88.7 Å². The molecule has 0 radical (unpaired) electrons. The van der Waals surface area contributed by atoms with Gasteiger partial charge in [-0.15, -0.1) is 0 Å². The van der Waals surface area contributed by atoms with Gasteiger partial charge >= 0.3 is 0 Å². The summed E-state index contributed by atoms with van der Waals surface area (Å²) in [6.45, 7) is 4.72. The molecule has 0 saturated carbocycles. The quantitative estimate of drug-likeness (QED) is 0.556. The Morgan fingerprint density at radius 3 is 2.44 bits per heavy atom. The van der Waals surface area contributed by atoms with Gasteiger partial charge in [-0.3, -0.25) is 4.68 Å². The lowest BCUT2D eigenvalue weighted by Crippen LogP contribution is -2.05. The van der Waals surface area contributed by atoms with Crippen LogP contribution in [0.25, 0.3) is 22.2 Å². The van der Waals surface area contributed by atoms with Gasteiger partial charge in [0.05, 0.1) is 24.4 Å². The number of aliphatic hydroxyl groups excluding tert-OH is 1. The van der Waals surface area contributed by atoms with E-state index in [4.69, 9.17) is 5.10 Å². The highest BCUT2D eigenvalue weighted by molar-refractivity contribution is 5.95. The average molecular weight is 360 g/mol. The van der Waals surface area contributed by atoms with Crippen molar-refractivity contribution < 1.29 is 9.50 Å². The van der Waals surface area contributed by atoms with E-state index in [1.807, 2.05) is 22.9 Å². The fourth-order valence-electron chi connectivity index (χ4n) is 3.55. The van der Waals surface area contributed by atoms with Crippen molar-refractivity contribution in [1.29, 1.82) is 0 Å². The second kappa shape index (κ2) is 6.97. The van der Waals surface area contributed by atoms with Crippen LogP contribution in [-0.4, -0.2) is 14.9 Å². The number of rotatable bonds is 4. The molecule has 3 aromatic carbocycles. The van der Waals surface area contributed by atoms with Crippen LogP contribution in [0.2, 0.25) is 0 Å². The standard InChI is InChI=1S/C23H21FN2O/c1-15-6-7-18(16(2)12-15)13-26-23(17-8-10-20(24)11-9-17)21-5-3-4-19(14-27)22(21)25-26/h3-12,27H,13-14H2,1-2H3. The van der Waals surface area contributed by atoms with E-state index < -0.39 is 0 Å². The van der Waals surface area contributed by atoms with Crippen molar-refractivity contribution in [2.24, 2.45) is 0 Å². The molecule has 4 heteroatoms. The summed E-state index contributed by atoms with van der Waals surface area (Å²) >= 11 is 0. The first-order valence-electron chi connectivity index (χ1n) is 8.98. The summed E-state index contributed by atoms with van der Waals surface area (Å²) in [6, 6.07) is 18.7. The maximum Gasteiger partial charge on any atom is 0.123 e. The molecule has 0 fully saturated rings. The molecule has 4 rings (SSSR count). The lowest BCUT2D eigenvalue weighted by molar-refractivity contribution is 0.283. The van der Waals surface area contributed by atoms with E-state index in [2.05, 4.69) is 32.0 Å². The van der Waals surface area contributed by atoms with Gasteiger partial charge in [0.25, 0.3) is 0 Å². The Morgan fingerprint density at radius 2 is 1.74 bits per heavy atom. The summed E-state index contributed by atoms with van der Waals surface area (Å²) in [4.78, 5) is 0. The monoisotopic (exact) mass is 360 g/mol. The van der Waals surface area contributed by atoms with Crippen molar-refractivity contribution in [2.75, 3.05) is 0 Å². The molecule has 1 N–H and O–H groups in total. The molecule has 0 amide bonds. The minimum absolute atomic E-state index is 0.0687. The van der Waals surface area contributed by atoms with Gasteiger partial charge in [0.2, 0.25) is 0 Å². The van der Waals surface area contributed by atoms with Gasteiger partial charge in [0.1, 0.15) is 5.82 Å². The van der Waals surface area contributed by atoms with Crippen molar-refractivity contribution in [2.45, 2.75) is 27.0 Å². The van der Waals surface area contributed by atoms with Crippen molar-refractivity contribution >= 4 is 10.9 Å². The number of hydrogen-bond acceptors (Lipinski definition) is 2. The summed E-state index contributed by atoms with van der Waals surface area (Å²) in [6.07, 6.45) is 0. The minimum Gasteiger partial charge on any atom is -0.392 e. The number of aliphatic hydroxyl groups is 1. The fourth-order valence-corrected chi connectivity index (χ4v) is 3.55. The average Bonchev–Trinajstić information content (AvgIpc) is 3.03. The highest BCUT2D eigenvalue weighted by Crippen LogP contribution is 2.31. The van der Waals surface area contributed by atoms with Gasteiger partial charge in [-0.2, -0.15) is 5.10 Å². The molecular formula is C23H21FN2O. The van der Waals surface area contributed by atoms with E-state index in [0.717, 1.165) is 27.7 Å². The molecule has 27 heavy (non-hydrogen) atoms. The zero-order valence-corrected chi connectivity index (χ0v) is 15.4. The van der Waals surface area contributed by atoms with Gasteiger partial charge in [-0.1, -0.05) is 42.0 Å². The van der Waals surface area contributed by atoms with E-state index in [-0.39, 0.29) is 12.4 Å². The molecule has 0 bridgehead atoms. The summed E-state index contributed by atoms with van der Waals surface area (Å²) < 4.78 is 15.4. The Balaban J connectivity index is 1.92. The molecule has 1 heterocycles. The first kappa shape index (κ1) is 17.4. The smallest absolute Gasteiger partial charge is 0.123 e. The predicted octanol–water partition coefficient (Wildman–Crippen LogP) is 5.00. The minimum atomic E-state index is -0.264. The van der Waals surface area contributed by atoms with Gasteiger partial charge < -0.3 is 5.11 Å². The number of halogens is 1. The lowest BCUT2D eigenvalue weighted by atomic mass is 10.0. The van der Waals surface area contributed by atoms with Crippen LogP contribution in [-0.2, 0) is 13.2 Å². The molecule has 1 aromatic heterocycles. The summed E-state index contributed by atoms with van der Waals surface area (Å²) in [5.74, 6) is -0.264. The fraction of sp³-hybridized carbons (Fsp3) is 0.174. The third-order valence-electron chi connectivity index (χ3n) is 4.96. The zero-order valence-electron chi connectivity index (χ0n) is 15.4. The van der Waals surface area contributed by atoms with E-state index in [1.165, 1.54) is 28.8 Å². The van der Waals surface area contributed by atoms with Crippen molar-refractivity contribution in [3.8, 4) is 11.3 Å². The molecule has 0 aliphatic rings.